The summed E-state index contributed by atoms with van der Waals surface area (Å²) >= 11 is 0. The number of hydrogen-bond acceptors (Lipinski definition) is 10. The Morgan fingerprint density at radius 3 is 1.74 bits per heavy atom. The first-order valence-electron chi connectivity index (χ1n) is 11.6. The van der Waals surface area contributed by atoms with Crippen LogP contribution in [0.4, 0.5) is 0 Å². The normalized spacial score (nSPS) is 10.4. The largest absolute Gasteiger partial charge is 0.508 e. The van der Waals surface area contributed by atoms with Crippen LogP contribution in [0, 0.1) is 0 Å². The van der Waals surface area contributed by atoms with Gasteiger partial charge in [0.1, 0.15) is 11.5 Å². The molecule has 0 saturated carbocycles. The Labute approximate surface area is 216 Å². The minimum Gasteiger partial charge on any atom is -0.508 e. The van der Waals surface area contributed by atoms with Gasteiger partial charge in [0.25, 0.3) is 0 Å². The van der Waals surface area contributed by atoms with Crippen LogP contribution in [0.3, 0.4) is 0 Å². The molecule has 2 aromatic carbocycles. The number of carbonyl (C=O) groups is 4. The van der Waals surface area contributed by atoms with Crippen molar-refractivity contribution in [2.75, 3.05) is 13.2 Å². The van der Waals surface area contributed by atoms with Crippen molar-refractivity contribution in [3.8, 4) is 11.5 Å². The number of phenols is 1. The van der Waals surface area contributed by atoms with Crippen LogP contribution >= 0.6 is 0 Å². The number of rotatable bonds is 12. The van der Waals surface area contributed by atoms with E-state index in [1.54, 1.807) is 0 Å². The number of carbonyl (C=O) groups excluding carboxylic acids is 3. The van der Waals surface area contributed by atoms with Crippen LogP contribution in [-0.4, -0.2) is 47.3 Å². The van der Waals surface area contributed by atoms with E-state index in [1.807, 2.05) is 0 Å². The minimum atomic E-state index is -1.51. The van der Waals surface area contributed by atoms with Gasteiger partial charge in [-0.05, 0) is 74.2 Å². The molecule has 0 fully saturated rings. The third-order valence-corrected chi connectivity index (χ3v) is 5.13. The highest BCUT2D eigenvalue weighted by molar-refractivity contribution is 5.94. The van der Waals surface area contributed by atoms with Gasteiger partial charge in [0.2, 0.25) is 5.76 Å². The Morgan fingerprint density at radius 1 is 0.684 bits per heavy atom. The van der Waals surface area contributed by atoms with Crippen LogP contribution in [-0.2, 0) is 9.47 Å². The lowest BCUT2D eigenvalue weighted by molar-refractivity contribution is 0.0473. The summed E-state index contributed by atoms with van der Waals surface area (Å²) in [6.07, 6.45) is 2.82. The lowest BCUT2D eigenvalue weighted by Gasteiger charge is -2.07. The number of hydrogen-bond donors (Lipinski definition) is 2. The van der Waals surface area contributed by atoms with Crippen LogP contribution in [0.2, 0.25) is 0 Å². The molecule has 38 heavy (non-hydrogen) atoms. The predicted octanol–water partition coefficient (Wildman–Crippen LogP) is 3.84. The maximum Gasteiger partial charge on any atom is 0.371 e. The van der Waals surface area contributed by atoms with E-state index in [2.05, 4.69) is 4.42 Å². The Morgan fingerprint density at radius 2 is 1.21 bits per heavy atom. The first-order chi connectivity index (χ1) is 18.2. The molecule has 1 heterocycles. The second kappa shape index (κ2) is 13.4. The lowest BCUT2D eigenvalue weighted by atomic mass is 10.2. The van der Waals surface area contributed by atoms with E-state index in [1.165, 1.54) is 48.5 Å². The van der Waals surface area contributed by atoms with Crippen molar-refractivity contribution in [2.45, 2.75) is 25.7 Å². The SMILES string of the molecule is O=C(OCCCCCCOC(=O)c1ccc(OC(=O)c2cc(C(=O)O)oc(=O)c2)cc1)c1ccc(O)cc1. The number of unbranched alkanes of at least 4 members (excludes halogenated alkanes) is 3. The first kappa shape index (κ1) is 27.7. The zero-order valence-electron chi connectivity index (χ0n) is 20.1. The number of aromatic hydroxyl groups is 1. The number of aromatic carboxylic acids is 1. The topological polar surface area (TPSA) is 167 Å². The van der Waals surface area contributed by atoms with Crippen molar-refractivity contribution in [1.82, 2.24) is 0 Å². The highest BCUT2D eigenvalue weighted by atomic mass is 16.5. The van der Waals surface area contributed by atoms with Gasteiger partial charge < -0.3 is 28.8 Å². The summed E-state index contributed by atoms with van der Waals surface area (Å²) in [5, 5.41) is 18.2. The molecule has 3 rings (SSSR count). The molecule has 0 radical (unpaired) electrons. The number of ether oxygens (including phenoxy) is 3. The highest BCUT2D eigenvalue weighted by Crippen LogP contribution is 2.16. The smallest absolute Gasteiger partial charge is 0.371 e. The van der Waals surface area contributed by atoms with E-state index in [4.69, 9.17) is 19.3 Å². The fourth-order valence-corrected chi connectivity index (χ4v) is 3.18. The molecule has 3 aromatic rings. The average Bonchev–Trinajstić information content (AvgIpc) is 2.90. The molecule has 2 N–H and O–H groups in total. The summed E-state index contributed by atoms with van der Waals surface area (Å²) in [4.78, 5) is 58.7. The van der Waals surface area contributed by atoms with Crippen LogP contribution < -0.4 is 10.4 Å². The number of carboxylic acids is 1. The van der Waals surface area contributed by atoms with E-state index in [-0.39, 0.29) is 35.8 Å². The summed E-state index contributed by atoms with van der Waals surface area (Å²) < 4.78 is 20.0. The van der Waals surface area contributed by atoms with Crippen molar-refractivity contribution in [1.29, 1.82) is 0 Å². The zero-order valence-corrected chi connectivity index (χ0v) is 20.1. The molecule has 1 aromatic heterocycles. The van der Waals surface area contributed by atoms with E-state index in [0.717, 1.165) is 25.0 Å². The van der Waals surface area contributed by atoms with Gasteiger partial charge in [-0.3, -0.25) is 0 Å². The third kappa shape index (κ3) is 8.33. The maximum absolute atomic E-state index is 12.2. The second-order valence-corrected chi connectivity index (χ2v) is 7.98. The maximum atomic E-state index is 12.2. The van der Waals surface area contributed by atoms with Gasteiger partial charge in [0.15, 0.2) is 0 Å². The quantitative estimate of drug-likeness (QED) is 0.201. The van der Waals surface area contributed by atoms with Gasteiger partial charge in [0.05, 0.1) is 29.9 Å². The van der Waals surface area contributed by atoms with Crippen molar-refractivity contribution >= 4 is 23.9 Å². The number of esters is 3. The molecule has 0 aliphatic heterocycles. The standard InChI is InChI=1S/C27H24O11/c28-20-9-5-17(6-10-20)25(32)35-13-3-1-2-4-14-36-26(33)18-7-11-21(12-8-18)37-27(34)19-15-22(24(30)31)38-23(29)16-19/h5-12,15-16,28H,1-4,13-14H2,(H,30,31). The van der Waals surface area contributed by atoms with Crippen molar-refractivity contribution in [3.63, 3.8) is 0 Å². The monoisotopic (exact) mass is 524 g/mol. The van der Waals surface area contributed by atoms with Crippen LogP contribution in [0.1, 0.15) is 67.3 Å². The molecule has 0 aliphatic rings. The zero-order chi connectivity index (χ0) is 27.5. The summed E-state index contributed by atoms with van der Waals surface area (Å²) in [6, 6.07) is 13.0. The molecular weight excluding hydrogens is 500 g/mol. The molecule has 0 spiro atoms. The molecule has 0 atom stereocenters. The number of carboxylic acid groups (broad SMARTS) is 1. The van der Waals surface area contributed by atoms with Gasteiger partial charge >= 0.3 is 29.5 Å². The predicted molar refractivity (Wildman–Crippen MR) is 130 cm³/mol. The van der Waals surface area contributed by atoms with Gasteiger partial charge in [0, 0.05) is 12.1 Å². The van der Waals surface area contributed by atoms with Crippen molar-refractivity contribution in [2.24, 2.45) is 0 Å². The van der Waals surface area contributed by atoms with E-state index >= 15 is 0 Å². The first-order valence-corrected chi connectivity index (χ1v) is 11.6. The van der Waals surface area contributed by atoms with Crippen molar-refractivity contribution in [3.05, 3.63) is 93.5 Å². The molecule has 198 valence electrons. The van der Waals surface area contributed by atoms with Gasteiger partial charge in [-0.1, -0.05) is 0 Å². The molecule has 11 heteroatoms. The van der Waals surface area contributed by atoms with E-state index in [0.29, 0.717) is 18.4 Å². The molecule has 0 unspecified atom stereocenters. The second-order valence-electron chi connectivity index (χ2n) is 7.98. The Hall–Kier alpha value is -4.93. The van der Waals surface area contributed by atoms with E-state index < -0.39 is 35.3 Å². The van der Waals surface area contributed by atoms with Crippen LogP contribution in [0.5, 0.6) is 11.5 Å². The van der Waals surface area contributed by atoms with Crippen LogP contribution in [0.25, 0.3) is 0 Å². The number of phenolic OH excluding ortho intramolecular Hbond substituents is 1. The van der Waals surface area contributed by atoms with Gasteiger partial charge in [-0.25, -0.2) is 24.0 Å². The van der Waals surface area contributed by atoms with Gasteiger partial charge in [-0.2, -0.15) is 0 Å². The van der Waals surface area contributed by atoms with Crippen molar-refractivity contribution < 1.29 is 48.0 Å². The highest BCUT2D eigenvalue weighted by Gasteiger charge is 2.16. The summed E-state index contributed by atoms with van der Waals surface area (Å²) in [7, 11) is 0. The molecule has 0 aliphatic carbocycles. The number of benzene rings is 2. The fourth-order valence-electron chi connectivity index (χ4n) is 3.18. The molecule has 11 nitrogen and oxygen atoms in total. The molecule has 0 saturated heterocycles. The molecule has 0 bridgehead atoms. The lowest BCUT2D eigenvalue weighted by Crippen LogP contribution is -2.14. The van der Waals surface area contributed by atoms with Crippen LogP contribution in [0.15, 0.2) is 69.9 Å². The Balaban J connectivity index is 1.34. The molecule has 0 amide bonds. The van der Waals surface area contributed by atoms with Gasteiger partial charge in [-0.15, -0.1) is 0 Å². The fraction of sp³-hybridized carbons (Fsp3) is 0.222. The minimum absolute atomic E-state index is 0.0699. The summed E-state index contributed by atoms with van der Waals surface area (Å²) in [6.45, 7) is 0.458. The van der Waals surface area contributed by atoms with E-state index in [9.17, 15) is 29.1 Å². The third-order valence-electron chi connectivity index (χ3n) is 5.13. The Kier molecular flexibility index (Phi) is 9.75. The summed E-state index contributed by atoms with van der Waals surface area (Å²) in [5.41, 5.74) is -0.707. The summed E-state index contributed by atoms with van der Waals surface area (Å²) in [5.74, 6) is -4.05. The Bertz CT molecular complexity index is 1340. The molecular formula is C27H24O11. The average molecular weight is 524 g/mol.